The first kappa shape index (κ1) is 18.1. The van der Waals surface area contributed by atoms with Gasteiger partial charge in [-0.2, -0.15) is 0 Å². The van der Waals surface area contributed by atoms with E-state index in [1.54, 1.807) is 7.11 Å². The number of carbonyl (C=O) groups excluding carboxylic acids is 1. The molecule has 0 radical (unpaired) electrons. The van der Waals surface area contributed by atoms with Crippen LogP contribution in [0.1, 0.15) is 0 Å². The molecule has 6 nitrogen and oxygen atoms in total. The van der Waals surface area contributed by atoms with E-state index >= 15 is 0 Å². The number of rotatable bonds is 7. The van der Waals surface area contributed by atoms with Crippen molar-refractivity contribution in [2.24, 2.45) is 7.05 Å². The number of aromatic nitrogens is 2. The van der Waals surface area contributed by atoms with Crippen LogP contribution < -0.4 is 10.1 Å². The molecular formula is C22H23N3O3. The maximum atomic E-state index is 12.3. The Labute approximate surface area is 163 Å². The second kappa shape index (κ2) is 7.78. The molecule has 2 heterocycles. The lowest BCUT2D eigenvalue weighted by atomic mass is 10.2. The minimum absolute atomic E-state index is 0.0464. The first-order chi connectivity index (χ1) is 13.7. The number of ether oxygens (including phenoxy) is 2. The van der Waals surface area contributed by atoms with E-state index in [2.05, 4.69) is 9.88 Å². The Morgan fingerprint density at radius 3 is 2.82 bits per heavy atom. The minimum Gasteiger partial charge on any atom is -0.483 e. The standard InChI is InChI=1S/C22H23N3O3/c1-24-10-8-16-14-17(6-7-19(16)24)23-22(26)15-28-21-5-3-4-20-18(21)9-11-25(20)12-13-27-2/h3-11,14H,12-13,15H2,1-2H3,(H,23,26). The van der Waals surface area contributed by atoms with E-state index in [1.807, 2.05) is 72.5 Å². The zero-order valence-electron chi connectivity index (χ0n) is 16.0. The van der Waals surface area contributed by atoms with Gasteiger partial charge in [-0.1, -0.05) is 6.07 Å². The predicted octanol–water partition coefficient (Wildman–Crippen LogP) is 3.80. The molecule has 0 saturated carbocycles. The van der Waals surface area contributed by atoms with E-state index in [-0.39, 0.29) is 12.5 Å². The molecule has 1 amide bonds. The molecule has 0 spiro atoms. The summed E-state index contributed by atoms with van der Waals surface area (Å²) in [5.74, 6) is 0.508. The highest BCUT2D eigenvalue weighted by Crippen LogP contribution is 2.27. The highest BCUT2D eigenvalue weighted by Gasteiger charge is 2.10. The van der Waals surface area contributed by atoms with Crippen LogP contribution in [-0.2, 0) is 23.1 Å². The summed E-state index contributed by atoms with van der Waals surface area (Å²) in [6, 6.07) is 15.7. The van der Waals surface area contributed by atoms with Crippen molar-refractivity contribution in [2.45, 2.75) is 6.54 Å². The van der Waals surface area contributed by atoms with Crippen molar-refractivity contribution in [1.29, 1.82) is 0 Å². The lowest BCUT2D eigenvalue weighted by molar-refractivity contribution is -0.118. The van der Waals surface area contributed by atoms with E-state index in [4.69, 9.17) is 9.47 Å². The first-order valence-corrected chi connectivity index (χ1v) is 9.20. The summed E-state index contributed by atoms with van der Waals surface area (Å²) in [6.45, 7) is 1.37. The van der Waals surface area contributed by atoms with Gasteiger partial charge in [0.15, 0.2) is 6.61 Å². The van der Waals surface area contributed by atoms with Crippen molar-refractivity contribution in [3.63, 3.8) is 0 Å². The molecule has 144 valence electrons. The normalized spacial score (nSPS) is 11.2. The predicted molar refractivity (Wildman–Crippen MR) is 111 cm³/mol. The molecule has 2 aromatic heterocycles. The van der Waals surface area contributed by atoms with Crippen LogP contribution in [0.2, 0.25) is 0 Å². The highest BCUT2D eigenvalue weighted by molar-refractivity contribution is 5.95. The Balaban J connectivity index is 1.43. The molecular weight excluding hydrogens is 354 g/mol. The number of methoxy groups -OCH3 is 1. The van der Waals surface area contributed by atoms with Gasteiger partial charge in [-0.15, -0.1) is 0 Å². The molecule has 0 atom stereocenters. The molecule has 0 saturated heterocycles. The average molecular weight is 377 g/mol. The van der Waals surface area contributed by atoms with Crippen LogP contribution in [-0.4, -0.2) is 35.4 Å². The lowest BCUT2D eigenvalue weighted by Crippen LogP contribution is -2.20. The van der Waals surface area contributed by atoms with E-state index in [1.165, 1.54) is 0 Å². The fourth-order valence-corrected chi connectivity index (χ4v) is 3.41. The molecule has 6 heteroatoms. The smallest absolute Gasteiger partial charge is 0.262 e. The molecule has 4 aromatic rings. The fraction of sp³-hybridized carbons (Fsp3) is 0.227. The zero-order chi connectivity index (χ0) is 19.5. The van der Waals surface area contributed by atoms with Crippen LogP contribution in [0.25, 0.3) is 21.8 Å². The van der Waals surface area contributed by atoms with Crippen molar-refractivity contribution in [2.75, 3.05) is 25.6 Å². The van der Waals surface area contributed by atoms with E-state index in [9.17, 15) is 4.79 Å². The summed E-state index contributed by atoms with van der Waals surface area (Å²) in [5.41, 5.74) is 2.94. The molecule has 28 heavy (non-hydrogen) atoms. The maximum absolute atomic E-state index is 12.3. The van der Waals surface area contributed by atoms with Crippen molar-refractivity contribution < 1.29 is 14.3 Å². The van der Waals surface area contributed by atoms with Crippen molar-refractivity contribution in [3.8, 4) is 5.75 Å². The Morgan fingerprint density at radius 2 is 1.96 bits per heavy atom. The van der Waals surface area contributed by atoms with Gasteiger partial charge in [0.25, 0.3) is 5.91 Å². The fourth-order valence-electron chi connectivity index (χ4n) is 3.41. The monoisotopic (exact) mass is 377 g/mol. The molecule has 1 N–H and O–H groups in total. The summed E-state index contributed by atoms with van der Waals surface area (Å²) >= 11 is 0. The van der Waals surface area contributed by atoms with Crippen molar-refractivity contribution in [3.05, 3.63) is 60.9 Å². The van der Waals surface area contributed by atoms with Crippen molar-refractivity contribution >= 4 is 33.4 Å². The summed E-state index contributed by atoms with van der Waals surface area (Å²) in [7, 11) is 3.69. The molecule has 0 aliphatic rings. The number of fused-ring (bicyclic) bond motifs is 2. The minimum atomic E-state index is -0.189. The number of hydrogen-bond donors (Lipinski definition) is 1. The van der Waals surface area contributed by atoms with E-state index in [0.29, 0.717) is 12.4 Å². The number of aryl methyl sites for hydroxylation is 1. The SMILES string of the molecule is COCCn1ccc2c(OCC(=O)Nc3ccc4c(ccn4C)c3)cccc21. The van der Waals surface area contributed by atoms with E-state index < -0.39 is 0 Å². The second-order valence-corrected chi connectivity index (χ2v) is 6.73. The zero-order valence-corrected chi connectivity index (χ0v) is 16.0. The molecule has 0 bridgehead atoms. The number of anilines is 1. The van der Waals surface area contributed by atoms with Crippen LogP contribution in [0.4, 0.5) is 5.69 Å². The molecule has 0 fully saturated rings. The lowest BCUT2D eigenvalue weighted by Gasteiger charge is -2.10. The van der Waals surface area contributed by atoms with Gasteiger partial charge in [-0.25, -0.2) is 0 Å². The average Bonchev–Trinajstić information content (AvgIpc) is 3.28. The number of hydrogen-bond acceptors (Lipinski definition) is 3. The summed E-state index contributed by atoms with van der Waals surface area (Å²) in [5, 5.41) is 4.97. The van der Waals surface area contributed by atoms with Gasteiger partial charge in [-0.3, -0.25) is 4.79 Å². The number of nitrogens with one attached hydrogen (secondary N) is 1. The van der Waals surface area contributed by atoms with Crippen LogP contribution in [0, 0.1) is 0 Å². The number of nitrogens with zero attached hydrogens (tertiary/aromatic N) is 2. The van der Waals surface area contributed by atoms with Crippen molar-refractivity contribution in [1.82, 2.24) is 9.13 Å². The second-order valence-electron chi connectivity index (χ2n) is 6.73. The Bertz CT molecular complexity index is 1130. The third-order valence-electron chi connectivity index (χ3n) is 4.84. The van der Waals surface area contributed by atoms with Crippen LogP contribution in [0.3, 0.4) is 0 Å². The van der Waals surface area contributed by atoms with Gasteiger partial charge in [-0.05, 0) is 42.5 Å². The Morgan fingerprint density at radius 1 is 1.07 bits per heavy atom. The summed E-state index contributed by atoms with van der Waals surface area (Å²) in [6.07, 6.45) is 4.00. The Kier molecular flexibility index (Phi) is 5.04. The number of carbonyl (C=O) groups is 1. The van der Waals surface area contributed by atoms with Gasteiger partial charge in [0.1, 0.15) is 5.75 Å². The van der Waals surface area contributed by atoms with Crippen LogP contribution in [0.5, 0.6) is 5.75 Å². The van der Waals surface area contributed by atoms with Gasteiger partial charge >= 0.3 is 0 Å². The molecule has 0 aliphatic heterocycles. The molecule has 0 unspecified atom stereocenters. The summed E-state index contributed by atoms with van der Waals surface area (Å²) < 4.78 is 15.1. The maximum Gasteiger partial charge on any atom is 0.262 e. The number of amides is 1. The first-order valence-electron chi connectivity index (χ1n) is 9.20. The van der Waals surface area contributed by atoms with Gasteiger partial charge < -0.3 is 23.9 Å². The Hall–Kier alpha value is -3.25. The molecule has 4 rings (SSSR count). The van der Waals surface area contributed by atoms with Gasteiger partial charge in [0.05, 0.1) is 12.1 Å². The van der Waals surface area contributed by atoms with Gasteiger partial charge in [0.2, 0.25) is 0 Å². The molecule has 0 aliphatic carbocycles. The largest absolute Gasteiger partial charge is 0.483 e. The summed E-state index contributed by atoms with van der Waals surface area (Å²) in [4.78, 5) is 12.3. The highest BCUT2D eigenvalue weighted by atomic mass is 16.5. The van der Waals surface area contributed by atoms with Crippen LogP contribution >= 0.6 is 0 Å². The number of benzene rings is 2. The topological polar surface area (TPSA) is 57.4 Å². The third-order valence-corrected chi connectivity index (χ3v) is 4.84. The molecule has 2 aromatic carbocycles. The van der Waals surface area contributed by atoms with E-state index in [0.717, 1.165) is 34.0 Å². The van der Waals surface area contributed by atoms with Gasteiger partial charge in [0, 0.05) is 55.1 Å². The van der Waals surface area contributed by atoms with Crippen LogP contribution in [0.15, 0.2) is 60.9 Å². The quantitative estimate of drug-likeness (QED) is 0.533. The third kappa shape index (κ3) is 3.59.